The summed E-state index contributed by atoms with van der Waals surface area (Å²) in [5.41, 5.74) is 1.55. The van der Waals surface area contributed by atoms with Gasteiger partial charge in [0.1, 0.15) is 9.72 Å². The molecule has 0 atom stereocenters. The number of hydrogen-bond donors (Lipinski definition) is 1. The van der Waals surface area contributed by atoms with Crippen molar-refractivity contribution in [3.05, 3.63) is 23.0 Å². The van der Waals surface area contributed by atoms with Gasteiger partial charge < -0.3 is 5.32 Å². The molecular formula is C12H14N4O3S3. The number of hydrogen-bond acceptors (Lipinski definition) is 7. The standard InChI is InChI=1S/C12H14N4O3S3/c17-11(14-12-15-13-8-21-12)9-3-5-16(6-4-9)22(18,19)10-2-1-7-20-10/h1-2,7-9H,3-6H2,(H,14,15,17). The van der Waals surface area contributed by atoms with Crippen LogP contribution in [0.3, 0.4) is 0 Å². The van der Waals surface area contributed by atoms with Crippen molar-refractivity contribution in [1.82, 2.24) is 14.5 Å². The molecule has 3 rings (SSSR count). The van der Waals surface area contributed by atoms with Crippen molar-refractivity contribution in [3.63, 3.8) is 0 Å². The molecule has 2 aromatic heterocycles. The summed E-state index contributed by atoms with van der Waals surface area (Å²) < 4.78 is 26.6. The van der Waals surface area contributed by atoms with E-state index in [1.807, 2.05) is 0 Å². The van der Waals surface area contributed by atoms with E-state index in [2.05, 4.69) is 15.5 Å². The fourth-order valence-corrected chi connectivity index (χ4v) is 5.39. The molecule has 118 valence electrons. The highest BCUT2D eigenvalue weighted by molar-refractivity contribution is 7.91. The first-order chi connectivity index (χ1) is 10.6. The van der Waals surface area contributed by atoms with Crippen LogP contribution in [0.25, 0.3) is 0 Å². The number of amides is 1. The highest BCUT2D eigenvalue weighted by Gasteiger charge is 2.32. The van der Waals surface area contributed by atoms with Gasteiger partial charge >= 0.3 is 0 Å². The molecule has 0 aliphatic carbocycles. The van der Waals surface area contributed by atoms with E-state index >= 15 is 0 Å². The molecule has 0 unspecified atom stereocenters. The van der Waals surface area contributed by atoms with Gasteiger partial charge in [0, 0.05) is 19.0 Å². The maximum Gasteiger partial charge on any atom is 0.252 e. The smallest absolute Gasteiger partial charge is 0.252 e. The van der Waals surface area contributed by atoms with Crippen molar-refractivity contribution in [2.24, 2.45) is 5.92 Å². The summed E-state index contributed by atoms with van der Waals surface area (Å²) in [6.07, 6.45) is 1.02. The van der Waals surface area contributed by atoms with Crippen LogP contribution in [-0.4, -0.2) is 41.9 Å². The summed E-state index contributed by atoms with van der Waals surface area (Å²) in [5.74, 6) is -0.316. The van der Waals surface area contributed by atoms with E-state index in [0.717, 1.165) is 0 Å². The number of nitrogens with zero attached hydrogens (tertiary/aromatic N) is 3. The van der Waals surface area contributed by atoms with Crippen molar-refractivity contribution in [3.8, 4) is 0 Å². The lowest BCUT2D eigenvalue weighted by Gasteiger charge is -2.29. The van der Waals surface area contributed by atoms with Crippen LogP contribution in [0.5, 0.6) is 0 Å². The summed E-state index contributed by atoms with van der Waals surface area (Å²) in [6.45, 7) is 0.711. The summed E-state index contributed by atoms with van der Waals surface area (Å²) in [7, 11) is -3.42. The van der Waals surface area contributed by atoms with Crippen LogP contribution in [0.2, 0.25) is 0 Å². The SMILES string of the molecule is O=C(Nc1nncs1)C1CCN(S(=O)(=O)c2cccs2)CC1. The molecule has 1 aliphatic heterocycles. The van der Waals surface area contributed by atoms with Gasteiger partial charge in [0.2, 0.25) is 11.0 Å². The summed E-state index contributed by atoms with van der Waals surface area (Å²) in [5, 5.41) is 12.4. The fraction of sp³-hybridized carbons (Fsp3) is 0.417. The van der Waals surface area contributed by atoms with Gasteiger partial charge in [-0.3, -0.25) is 4.79 Å². The lowest BCUT2D eigenvalue weighted by Crippen LogP contribution is -2.41. The Morgan fingerprint density at radius 3 is 2.68 bits per heavy atom. The van der Waals surface area contributed by atoms with Gasteiger partial charge in [0.05, 0.1) is 0 Å². The summed E-state index contributed by atoms with van der Waals surface area (Å²) in [4.78, 5) is 12.1. The Morgan fingerprint density at radius 1 is 1.32 bits per heavy atom. The number of nitrogens with one attached hydrogen (secondary N) is 1. The average Bonchev–Trinajstić information content (AvgIpc) is 3.21. The number of sulfonamides is 1. The van der Waals surface area contributed by atoms with Crippen LogP contribution in [-0.2, 0) is 14.8 Å². The van der Waals surface area contributed by atoms with Crippen molar-refractivity contribution >= 4 is 43.7 Å². The Hall–Kier alpha value is -1.36. The minimum absolute atomic E-state index is 0.120. The maximum absolute atomic E-state index is 12.4. The number of anilines is 1. The van der Waals surface area contributed by atoms with Crippen molar-refractivity contribution in [2.45, 2.75) is 17.1 Å². The van der Waals surface area contributed by atoms with E-state index in [1.165, 1.54) is 27.0 Å². The van der Waals surface area contributed by atoms with Gasteiger partial charge in [-0.25, -0.2) is 8.42 Å². The predicted molar refractivity (Wildman–Crippen MR) is 84.3 cm³/mol. The molecule has 1 fully saturated rings. The highest BCUT2D eigenvalue weighted by Crippen LogP contribution is 2.27. The molecule has 0 saturated carbocycles. The Bertz CT molecular complexity index is 720. The van der Waals surface area contributed by atoms with E-state index in [0.29, 0.717) is 35.3 Å². The second kappa shape index (κ2) is 6.41. The number of piperidine rings is 1. The Morgan fingerprint density at radius 2 is 2.09 bits per heavy atom. The molecule has 1 amide bonds. The molecular weight excluding hydrogens is 344 g/mol. The third-order valence-electron chi connectivity index (χ3n) is 3.50. The number of aromatic nitrogens is 2. The van der Waals surface area contributed by atoms with E-state index in [9.17, 15) is 13.2 Å². The van der Waals surface area contributed by atoms with E-state index in [4.69, 9.17) is 0 Å². The molecule has 0 aromatic carbocycles. The minimum atomic E-state index is -3.42. The molecule has 7 nitrogen and oxygen atoms in total. The first kappa shape index (κ1) is 15.5. The van der Waals surface area contributed by atoms with E-state index < -0.39 is 10.0 Å². The Balaban J connectivity index is 1.60. The maximum atomic E-state index is 12.4. The molecule has 1 aliphatic rings. The lowest BCUT2D eigenvalue weighted by atomic mass is 9.97. The average molecular weight is 358 g/mol. The van der Waals surface area contributed by atoms with Gasteiger partial charge in [-0.05, 0) is 24.3 Å². The van der Waals surface area contributed by atoms with Crippen molar-refractivity contribution in [2.75, 3.05) is 18.4 Å². The van der Waals surface area contributed by atoms with Crippen LogP contribution in [0, 0.1) is 5.92 Å². The molecule has 1 saturated heterocycles. The molecule has 22 heavy (non-hydrogen) atoms. The van der Waals surface area contributed by atoms with Gasteiger partial charge in [0.25, 0.3) is 10.0 Å². The highest BCUT2D eigenvalue weighted by atomic mass is 32.2. The van der Waals surface area contributed by atoms with Gasteiger partial charge in [-0.2, -0.15) is 4.31 Å². The topological polar surface area (TPSA) is 92.3 Å². The first-order valence-electron chi connectivity index (χ1n) is 6.68. The molecule has 3 heterocycles. The molecule has 1 N–H and O–H groups in total. The number of carbonyl (C=O) groups is 1. The molecule has 0 radical (unpaired) electrons. The number of rotatable bonds is 4. The Kier molecular flexibility index (Phi) is 4.52. The van der Waals surface area contributed by atoms with E-state index in [-0.39, 0.29) is 11.8 Å². The lowest BCUT2D eigenvalue weighted by molar-refractivity contribution is -0.120. The zero-order chi connectivity index (χ0) is 15.6. The monoisotopic (exact) mass is 358 g/mol. The summed E-state index contributed by atoms with van der Waals surface area (Å²) in [6, 6.07) is 3.33. The zero-order valence-electron chi connectivity index (χ0n) is 11.5. The molecule has 10 heteroatoms. The van der Waals surface area contributed by atoms with Crippen LogP contribution in [0.4, 0.5) is 5.13 Å². The zero-order valence-corrected chi connectivity index (χ0v) is 14.0. The summed E-state index contributed by atoms with van der Waals surface area (Å²) >= 11 is 2.47. The van der Waals surface area contributed by atoms with Crippen LogP contribution >= 0.6 is 22.7 Å². The molecule has 0 spiro atoms. The van der Waals surface area contributed by atoms with Crippen LogP contribution < -0.4 is 5.32 Å². The second-order valence-corrected chi connectivity index (χ2v) is 8.79. The third-order valence-corrected chi connectivity index (χ3v) is 7.38. The van der Waals surface area contributed by atoms with E-state index in [1.54, 1.807) is 23.0 Å². The van der Waals surface area contributed by atoms with Gasteiger partial charge in [-0.15, -0.1) is 21.5 Å². The second-order valence-electron chi connectivity index (χ2n) is 4.84. The fourth-order valence-electron chi connectivity index (χ4n) is 2.33. The molecule has 0 bridgehead atoms. The van der Waals surface area contributed by atoms with Crippen molar-refractivity contribution < 1.29 is 13.2 Å². The number of carbonyl (C=O) groups excluding carboxylic acids is 1. The van der Waals surface area contributed by atoms with Gasteiger partial charge in [0.15, 0.2) is 0 Å². The van der Waals surface area contributed by atoms with Gasteiger partial charge in [-0.1, -0.05) is 17.4 Å². The first-order valence-corrected chi connectivity index (χ1v) is 9.88. The Labute approximate surface area is 136 Å². The quantitative estimate of drug-likeness (QED) is 0.897. The third kappa shape index (κ3) is 3.19. The molecule has 2 aromatic rings. The van der Waals surface area contributed by atoms with Crippen molar-refractivity contribution in [1.29, 1.82) is 0 Å². The van der Waals surface area contributed by atoms with Crippen LogP contribution in [0.15, 0.2) is 27.2 Å². The minimum Gasteiger partial charge on any atom is -0.300 e. The van der Waals surface area contributed by atoms with Crippen LogP contribution in [0.1, 0.15) is 12.8 Å². The predicted octanol–water partition coefficient (Wildman–Crippen LogP) is 1.64. The number of thiophene rings is 1. The largest absolute Gasteiger partial charge is 0.300 e. The normalized spacial score (nSPS) is 17.5.